The highest BCUT2D eigenvalue weighted by Crippen LogP contribution is 2.25. The van der Waals surface area contributed by atoms with Crippen molar-refractivity contribution in [3.8, 4) is 12.1 Å². The molecule has 0 aliphatic rings. The number of nitrogens with one attached hydrogen (secondary N) is 1. The van der Waals surface area contributed by atoms with Crippen molar-refractivity contribution in [3.05, 3.63) is 95.1 Å². The second kappa shape index (κ2) is 8.49. The molecule has 0 saturated carbocycles. The van der Waals surface area contributed by atoms with Crippen molar-refractivity contribution < 1.29 is 0 Å². The molecule has 3 aromatic rings. The van der Waals surface area contributed by atoms with Crippen molar-refractivity contribution in [2.75, 3.05) is 0 Å². The molecule has 0 saturated heterocycles. The maximum Gasteiger partial charge on any atom is 0.0991 e. The molecule has 2 aromatic carbocycles. The van der Waals surface area contributed by atoms with E-state index in [1.54, 1.807) is 30.6 Å². The topological polar surface area (TPSA) is 76.3 Å². The van der Waals surface area contributed by atoms with Crippen molar-refractivity contribution in [1.82, 2.24) is 9.97 Å². The predicted molar refractivity (Wildman–Crippen MR) is 98.9 cm³/mol. The molecule has 1 aromatic heterocycles. The summed E-state index contributed by atoms with van der Waals surface area (Å²) in [5, 5.41) is 17.9. The highest BCUT2D eigenvalue weighted by atomic mass is 35.5. The van der Waals surface area contributed by atoms with Gasteiger partial charge >= 0.3 is 0 Å². The Balaban J connectivity index is 0.00000225. The van der Waals surface area contributed by atoms with Gasteiger partial charge in [0.2, 0.25) is 0 Å². The number of nitriles is 2. The normalized spacial score (nSPS) is 9.36. The minimum atomic E-state index is 0. The van der Waals surface area contributed by atoms with Gasteiger partial charge in [-0.3, -0.25) is 0 Å². The van der Waals surface area contributed by atoms with Gasteiger partial charge in [-0.2, -0.15) is 10.5 Å². The number of allylic oxidation sites excluding steroid dienone is 1. The fourth-order valence-corrected chi connectivity index (χ4v) is 2.46. The van der Waals surface area contributed by atoms with E-state index in [4.69, 9.17) is 10.5 Å². The van der Waals surface area contributed by atoms with Gasteiger partial charge in [0.15, 0.2) is 0 Å². The molecule has 0 aliphatic heterocycles. The van der Waals surface area contributed by atoms with Gasteiger partial charge in [0.1, 0.15) is 0 Å². The van der Waals surface area contributed by atoms with E-state index >= 15 is 0 Å². The Morgan fingerprint density at radius 3 is 1.84 bits per heavy atom. The quantitative estimate of drug-likeness (QED) is 0.767. The Labute approximate surface area is 152 Å². The summed E-state index contributed by atoms with van der Waals surface area (Å²) in [5.74, 6) is 0. The number of H-pyrrole nitrogens is 1. The minimum absolute atomic E-state index is 0. The molecule has 25 heavy (non-hydrogen) atoms. The van der Waals surface area contributed by atoms with Crippen LogP contribution in [0.2, 0.25) is 0 Å². The summed E-state index contributed by atoms with van der Waals surface area (Å²) in [4.78, 5) is 7.19. The van der Waals surface area contributed by atoms with Gasteiger partial charge in [0.25, 0.3) is 0 Å². The Kier molecular flexibility index (Phi) is 6.12. The number of nitrogens with zero attached hydrogens (tertiary/aromatic N) is 3. The third kappa shape index (κ3) is 4.35. The fraction of sp³-hybridized carbons (Fsp3) is 0.0500. The lowest BCUT2D eigenvalue weighted by Crippen LogP contribution is -1.91. The minimum Gasteiger partial charge on any atom is -0.351 e. The first-order valence-corrected chi connectivity index (χ1v) is 7.49. The van der Waals surface area contributed by atoms with E-state index in [-0.39, 0.29) is 12.4 Å². The molecule has 0 amide bonds. The lowest BCUT2D eigenvalue weighted by Gasteiger charge is -2.09. The third-order valence-corrected chi connectivity index (χ3v) is 3.72. The first-order chi connectivity index (χ1) is 11.8. The number of rotatable bonds is 4. The number of hydrogen-bond donors (Lipinski definition) is 1. The van der Waals surface area contributed by atoms with E-state index in [0.29, 0.717) is 17.5 Å². The molecule has 5 heteroatoms. The van der Waals surface area contributed by atoms with Crippen molar-refractivity contribution in [2.24, 2.45) is 0 Å². The zero-order chi connectivity index (χ0) is 16.8. The molecule has 122 valence electrons. The SMILES string of the molecule is Cl.N#Cc1ccc(C(=CCc2c[nH]cn2)c2ccc(C#N)cc2)cc1. The molecule has 3 rings (SSSR count). The van der Waals surface area contributed by atoms with Crippen LogP contribution in [0.4, 0.5) is 0 Å². The zero-order valence-corrected chi connectivity index (χ0v) is 14.1. The average Bonchev–Trinajstić information content (AvgIpc) is 3.16. The van der Waals surface area contributed by atoms with E-state index in [2.05, 4.69) is 28.2 Å². The number of hydrogen-bond acceptors (Lipinski definition) is 3. The summed E-state index contributed by atoms with van der Waals surface area (Å²) in [7, 11) is 0. The monoisotopic (exact) mass is 346 g/mol. The Bertz CT molecular complexity index is 866. The van der Waals surface area contributed by atoms with Gasteiger partial charge < -0.3 is 4.98 Å². The van der Waals surface area contributed by atoms with Crippen LogP contribution in [0.15, 0.2) is 67.1 Å². The predicted octanol–water partition coefficient (Wildman–Crippen LogP) is 4.25. The van der Waals surface area contributed by atoms with Crippen molar-refractivity contribution >= 4 is 18.0 Å². The van der Waals surface area contributed by atoms with E-state index < -0.39 is 0 Å². The molecule has 0 spiro atoms. The number of imidazole rings is 1. The standard InChI is InChI=1S/C20H14N4.ClH/c21-11-15-1-5-17(6-2-15)20(10-9-19-13-23-14-24-19)18-7-3-16(12-22)4-8-18;/h1-8,10,13-14H,9H2,(H,23,24);1H. The van der Waals surface area contributed by atoms with Crippen LogP contribution in [0.3, 0.4) is 0 Å². The molecule has 0 bridgehead atoms. The third-order valence-electron chi connectivity index (χ3n) is 3.72. The van der Waals surface area contributed by atoms with Gasteiger partial charge in [0, 0.05) is 12.6 Å². The van der Waals surface area contributed by atoms with E-state index in [1.807, 2.05) is 30.5 Å². The Hall–Kier alpha value is -3.34. The van der Waals surface area contributed by atoms with Crippen LogP contribution in [0.5, 0.6) is 0 Å². The average molecular weight is 347 g/mol. The number of aromatic amines is 1. The van der Waals surface area contributed by atoms with E-state index in [0.717, 1.165) is 22.4 Å². The smallest absolute Gasteiger partial charge is 0.0991 e. The second-order valence-electron chi connectivity index (χ2n) is 5.26. The summed E-state index contributed by atoms with van der Waals surface area (Å²) < 4.78 is 0. The van der Waals surface area contributed by atoms with Crippen LogP contribution in [-0.2, 0) is 6.42 Å². The molecule has 0 fully saturated rings. The molecule has 0 unspecified atom stereocenters. The van der Waals surface area contributed by atoms with Gasteiger partial charge in [0.05, 0.1) is 35.3 Å². The van der Waals surface area contributed by atoms with Gasteiger partial charge in [-0.15, -0.1) is 12.4 Å². The van der Waals surface area contributed by atoms with Gasteiger partial charge in [-0.25, -0.2) is 4.98 Å². The van der Waals surface area contributed by atoms with Crippen LogP contribution in [0, 0.1) is 22.7 Å². The number of halogens is 1. The van der Waals surface area contributed by atoms with E-state index in [9.17, 15) is 0 Å². The number of aromatic nitrogens is 2. The molecule has 0 aliphatic carbocycles. The summed E-state index contributed by atoms with van der Waals surface area (Å²) in [5.41, 5.74) is 5.31. The van der Waals surface area contributed by atoms with Crippen molar-refractivity contribution in [2.45, 2.75) is 6.42 Å². The molecular formula is C20H15ClN4. The van der Waals surface area contributed by atoms with Crippen molar-refractivity contribution in [3.63, 3.8) is 0 Å². The first-order valence-electron chi connectivity index (χ1n) is 7.49. The maximum atomic E-state index is 8.96. The lowest BCUT2D eigenvalue weighted by molar-refractivity contribution is 1.15. The van der Waals surface area contributed by atoms with Crippen LogP contribution in [0.1, 0.15) is 27.9 Å². The molecule has 1 N–H and O–H groups in total. The van der Waals surface area contributed by atoms with Crippen LogP contribution in [-0.4, -0.2) is 9.97 Å². The van der Waals surface area contributed by atoms with Gasteiger partial charge in [-0.1, -0.05) is 30.3 Å². The van der Waals surface area contributed by atoms with E-state index in [1.165, 1.54) is 0 Å². The number of benzene rings is 2. The molecule has 1 heterocycles. The van der Waals surface area contributed by atoms with Crippen LogP contribution < -0.4 is 0 Å². The Morgan fingerprint density at radius 1 is 0.920 bits per heavy atom. The fourth-order valence-electron chi connectivity index (χ4n) is 2.46. The molecular weight excluding hydrogens is 332 g/mol. The van der Waals surface area contributed by atoms with Crippen LogP contribution in [0.25, 0.3) is 5.57 Å². The highest BCUT2D eigenvalue weighted by Gasteiger charge is 2.06. The summed E-state index contributed by atoms with van der Waals surface area (Å²) in [6.45, 7) is 0. The Morgan fingerprint density at radius 2 is 1.44 bits per heavy atom. The highest BCUT2D eigenvalue weighted by molar-refractivity contribution is 5.85. The molecule has 0 atom stereocenters. The first kappa shape index (κ1) is 18.0. The largest absolute Gasteiger partial charge is 0.351 e. The van der Waals surface area contributed by atoms with Crippen molar-refractivity contribution in [1.29, 1.82) is 10.5 Å². The zero-order valence-electron chi connectivity index (χ0n) is 13.3. The summed E-state index contributed by atoms with van der Waals surface area (Å²) >= 11 is 0. The summed E-state index contributed by atoms with van der Waals surface area (Å²) in [6, 6.07) is 19.2. The molecule has 4 nitrogen and oxygen atoms in total. The second-order valence-corrected chi connectivity index (χ2v) is 5.26. The summed E-state index contributed by atoms with van der Waals surface area (Å²) in [6.07, 6.45) is 6.33. The molecule has 0 radical (unpaired) electrons. The van der Waals surface area contributed by atoms with Crippen LogP contribution >= 0.6 is 12.4 Å². The lowest BCUT2D eigenvalue weighted by atomic mass is 9.95. The maximum absolute atomic E-state index is 8.96. The van der Waals surface area contributed by atoms with Gasteiger partial charge in [-0.05, 0) is 41.0 Å².